The van der Waals surface area contributed by atoms with Gasteiger partial charge in [-0.1, -0.05) is 31.6 Å². The first-order valence-corrected chi connectivity index (χ1v) is 13.7. The minimum absolute atomic E-state index is 0.0563. The van der Waals surface area contributed by atoms with Crippen molar-refractivity contribution in [3.63, 3.8) is 0 Å². The number of hydrogen-bond acceptors (Lipinski definition) is 5. The number of nitrogens with zero attached hydrogens (tertiary/aromatic N) is 1. The van der Waals surface area contributed by atoms with Crippen molar-refractivity contribution >= 4 is 28.2 Å². The number of halogens is 1. The Labute approximate surface area is 214 Å². The summed E-state index contributed by atoms with van der Waals surface area (Å²) >= 11 is 1.39. The summed E-state index contributed by atoms with van der Waals surface area (Å²) in [4.78, 5) is 29.4. The molecule has 36 heavy (non-hydrogen) atoms. The Hall–Kier alpha value is -2.64. The first-order valence-electron chi connectivity index (χ1n) is 12.8. The summed E-state index contributed by atoms with van der Waals surface area (Å²) in [5.41, 5.74) is 2.07. The Morgan fingerprint density at radius 2 is 2.08 bits per heavy atom. The molecule has 0 radical (unpaired) electrons. The van der Waals surface area contributed by atoms with Crippen LogP contribution in [0.5, 0.6) is 0 Å². The molecule has 0 bridgehead atoms. The van der Waals surface area contributed by atoms with E-state index in [0.717, 1.165) is 31.4 Å². The largest absolute Gasteiger partial charge is 0.393 e. The maximum absolute atomic E-state index is 13.5. The average molecular weight is 507 g/mol. The Kier molecular flexibility index (Phi) is 5.57. The summed E-state index contributed by atoms with van der Waals surface area (Å²) < 4.78 is 13.5. The van der Waals surface area contributed by atoms with Gasteiger partial charge < -0.3 is 5.11 Å². The predicted molar refractivity (Wildman–Crippen MR) is 137 cm³/mol. The minimum Gasteiger partial charge on any atom is -0.393 e. The fourth-order valence-electron chi connectivity index (χ4n) is 8.11. The van der Waals surface area contributed by atoms with E-state index in [-0.39, 0.29) is 39.9 Å². The highest BCUT2D eigenvalue weighted by atomic mass is 32.1. The fraction of sp³-hybridized carbons (Fsp3) is 0.483. The molecule has 2 N–H and O–H groups in total. The van der Waals surface area contributed by atoms with Gasteiger partial charge in [-0.15, -0.1) is 11.3 Å². The molecule has 3 fully saturated rings. The molecule has 7 atom stereocenters. The highest BCUT2D eigenvalue weighted by molar-refractivity contribution is 7.14. The number of hydrogen-bond donors (Lipinski definition) is 2. The van der Waals surface area contributed by atoms with Crippen LogP contribution in [0.2, 0.25) is 0 Å². The molecule has 1 aromatic carbocycles. The molecule has 1 amide bonds. The number of benzene rings is 1. The van der Waals surface area contributed by atoms with Crippen molar-refractivity contribution in [2.24, 2.45) is 28.6 Å². The SMILES string of the molecule is CC12C=CC(=O)C=C1CCC1C2C(O)CC2(C)C(c3csc(NC(=O)c4cccc(F)c4)n3)CCC12. The molecule has 0 spiro atoms. The number of rotatable bonds is 3. The van der Waals surface area contributed by atoms with Crippen LogP contribution < -0.4 is 5.32 Å². The van der Waals surface area contributed by atoms with Gasteiger partial charge in [0.2, 0.25) is 0 Å². The second-order valence-electron chi connectivity index (χ2n) is 11.5. The number of allylic oxidation sites excluding steroid dienone is 4. The van der Waals surface area contributed by atoms with Crippen LogP contribution in [-0.2, 0) is 4.79 Å². The number of amides is 1. The van der Waals surface area contributed by atoms with Crippen molar-refractivity contribution in [1.82, 2.24) is 4.98 Å². The zero-order valence-electron chi connectivity index (χ0n) is 20.5. The van der Waals surface area contributed by atoms with Gasteiger partial charge in [-0.3, -0.25) is 14.9 Å². The number of carbonyl (C=O) groups is 2. The van der Waals surface area contributed by atoms with Gasteiger partial charge in [0.25, 0.3) is 5.91 Å². The van der Waals surface area contributed by atoms with Crippen molar-refractivity contribution in [3.05, 3.63) is 70.5 Å². The molecule has 4 aliphatic carbocycles. The first-order chi connectivity index (χ1) is 17.2. The molecular weight excluding hydrogens is 475 g/mol. The number of fused-ring (bicyclic) bond motifs is 5. The molecule has 188 valence electrons. The Balaban J connectivity index is 1.24. The summed E-state index contributed by atoms with van der Waals surface area (Å²) in [6.45, 7) is 4.51. The second-order valence-corrected chi connectivity index (χ2v) is 12.3. The molecule has 1 heterocycles. The van der Waals surface area contributed by atoms with E-state index in [0.29, 0.717) is 23.4 Å². The zero-order chi connectivity index (χ0) is 25.2. The Bertz CT molecular complexity index is 1300. The van der Waals surface area contributed by atoms with Crippen LogP contribution in [0.25, 0.3) is 0 Å². The maximum Gasteiger partial charge on any atom is 0.257 e. The number of aliphatic hydroxyl groups is 1. The van der Waals surface area contributed by atoms with Crippen LogP contribution in [0, 0.1) is 34.4 Å². The highest BCUT2D eigenvalue weighted by Crippen LogP contribution is 2.67. The third kappa shape index (κ3) is 3.62. The van der Waals surface area contributed by atoms with Gasteiger partial charge in [0.15, 0.2) is 10.9 Å². The summed E-state index contributed by atoms with van der Waals surface area (Å²) in [5.74, 6) is 0.441. The fourth-order valence-corrected chi connectivity index (χ4v) is 8.87. The van der Waals surface area contributed by atoms with E-state index in [4.69, 9.17) is 4.98 Å². The predicted octanol–water partition coefficient (Wildman–Crippen LogP) is 5.90. The smallest absolute Gasteiger partial charge is 0.257 e. The number of aromatic nitrogens is 1. The van der Waals surface area contributed by atoms with E-state index in [1.807, 2.05) is 11.5 Å². The van der Waals surface area contributed by atoms with Crippen molar-refractivity contribution in [1.29, 1.82) is 0 Å². The van der Waals surface area contributed by atoms with Gasteiger partial charge >= 0.3 is 0 Å². The van der Waals surface area contributed by atoms with Gasteiger partial charge in [-0.2, -0.15) is 0 Å². The van der Waals surface area contributed by atoms with E-state index in [1.54, 1.807) is 18.2 Å². The van der Waals surface area contributed by atoms with E-state index < -0.39 is 11.9 Å². The summed E-state index contributed by atoms with van der Waals surface area (Å²) in [6, 6.07) is 5.63. The topological polar surface area (TPSA) is 79.3 Å². The summed E-state index contributed by atoms with van der Waals surface area (Å²) in [6.07, 6.45) is 9.79. The Morgan fingerprint density at radius 1 is 1.25 bits per heavy atom. The standard InChI is InChI=1S/C29H31FN2O3S/c1-28-11-10-19(33)13-17(28)6-7-20-21-8-9-22(29(21,2)14-24(34)25(20)28)23-15-36-27(31-23)32-26(35)16-4-3-5-18(30)12-16/h3-5,10-13,15,20-22,24-25,34H,6-9,14H2,1-2H3,(H,31,32,35). The quantitative estimate of drug-likeness (QED) is 0.544. The summed E-state index contributed by atoms with van der Waals surface area (Å²) in [7, 11) is 0. The number of thiazole rings is 1. The molecule has 5 nitrogen and oxygen atoms in total. The van der Waals surface area contributed by atoms with Gasteiger partial charge in [-0.05, 0) is 79.7 Å². The molecule has 0 saturated heterocycles. The van der Waals surface area contributed by atoms with Crippen LogP contribution in [0.1, 0.15) is 67.9 Å². The van der Waals surface area contributed by atoms with Crippen molar-refractivity contribution in [2.75, 3.05) is 5.32 Å². The summed E-state index contributed by atoms with van der Waals surface area (Å²) in [5, 5.41) is 16.9. The number of carbonyl (C=O) groups excluding carboxylic acids is 2. The molecule has 6 rings (SSSR count). The third-order valence-corrected chi connectivity index (χ3v) is 10.5. The lowest BCUT2D eigenvalue weighted by Gasteiger charge is -2.58. The van der Waals surface area contributed by atoms with Crippen LogP contribution in [0.4, 0.5) is 9.52 Å². The first kappa shape index (κ1) is 23.7. The van der Waals surface area contributed by atoms with Crippen molar-refractivity contribution in [2.45, 2.75) is 58.0 Å². The van der Waals surface area contributed by atoms with Gasteiger partial charge in [0.1, 0.15) is 5.82 Å². The molecule has 3 saturated carbocycles. The molecule has 2 aromatic rings. The molecule has 4 aliphatic rings. The molecule has 7 heteroatoms. The van der Waals surface area contributed by atoms with Crippen LogP contribution in [-0.4, -0.2) is 27.9 Å². The highest BCUT2D eigenvalue weighted by Gasteiger charge is 2.62. The molecule has 1 aromatic heterocycles. The number of aliphatic hydroxyl groups excluding tert-OH is 1. The lowest BCUT2D eigenvalue weighted by molar-refractivity contribution is -0.115. The number of nitrogens with one attached hydrogen (secondary N) is 1. The van der Waals surface area contributed by atoms with Crippen LogP contribution in [0.15, 0.2) is 53.4 Å². The monoisotopic (exact) mass is 506 g/mol. The minimum atomic E-state index is -0.450. The van der Waals surface area contributed by atoms with Crippen molar-refractivity contribution in [3.8, 4) is 0 Å². The van der Waals surface area contributed by atoms with Gasteiger partial charge in [0, 0.05) is 28.2 Å². The zero-order valence-corrected chi connectivity index (χ0v) is 21.4. The van der Waals surface area contributed by atoms with E-state index in [9.17, 15) is 19.1 Å². The molecular formula is C29H31FN2O3S. The van der Waals surface area contributed by atoms with Gasteiger partial charge in [-0.25, -0.2) is 9.37 Å². The van der Waals surface area contributed by atoms with Crippen LogP contribution >= 0.6 is 11.3 Å². The molecule has 0 aliphatic heterocycles. The van der Waals surface area contributed by atoms with E-state index >= 15 is 0 Å². The Morgan fingerprint density at radius 3 is 2.89 bits per heavy atom. The molecule has 7 unspecified atom stereocenters. The van der Waals surface area contributed by atoms with Gasteiger partial charge in [0.05, 0.1) is 11.8 Å². The second kappa shape index (κ2) is 8.45. The normalized spacial score (nSPS) is 37.1. The third-order valence-electron chi connectivity index (χ3n) is 9.68. The number of ketones is 1. The van der Waals surface area contributed by atoms with E-state index in [1.165, 1.54) is 35.1 Å². The number of anilines is 1. The lowest BCUT2D eigenvalue weighted by atomic mass is 9.47. The average Bonchev–Trinajstić information content (AvgIpc) is 3.42. The van der Waals surface area contributed by atoms with Crippen LogP contribution in [0.3, 0.4) is 0 Å². The maximum atomic E-state index is 13.5. The van der Waals surface area contributed by atoms with E-state index in [2.05, 4.69) is 19.2 Å². The van der Waals surface area contributed by atoms with Crippen molar-refractivity contribution < 1.29 is 19.1 Å². The lowest BCUT2D eigenvalue weighted by Crippen LogP contribution is -2.55.